The maximum absolute atomic E-state index is 13.0. The molecule has 0 radical (unpaired) electrons. The minimum atomic E-state index is -4.48. The summed E-state index contributed by atoms with van der Waals surface area (Å²) in [6, 6.07) is 9.95. The highest BCUT2D eigenvalue weighted by atomic mass is 19.4. The largest absolute Gasteiger partial charge is 0.496 e. The SMILES string of the molecule is COc1cc(C(=O)NCc2ccccc2C(F)(F)F)ccc1-c1cn[nH]c1. The van der Waals surface area contributed by atoms with Gasteiger partial charge in [0.15, 0.2) is 0 Å². The third kappa shape index (κ3) is 4.11. The summed E-state index contributed by atoms with van der Waals surface area (Å²) in [5.74, 6) is -0.0382. The van der Waals surface area contributed by atoms with Crippen LogP contribution in [0.2, 0.25) is 0 Å². The van der Waals surface area contributed by atoms with E-state index in [9.17, 15) is 18.0 Å². The average molecular weight is 375 g/mol. The third-order valence-electron chi connectivity index (χ3n) is 4.04. The first-order chi connectivity index (χ1) is 12.9. The van der Waals surface area contributed by atoms with Crippen LogP contribution in [0.15, 0.2) is 54.9 Å². The standard InChI is InChI=1S/C19H16F3N3O2/c1-27-17-8-12(6-7-15(17)14-10-24-25-11-14)18(26)23-9-13-4-2-3-5-16(13)19(20,21)22/h2-8,10-11H,9H2,1H3,(H,23,26)(H,24,25). The Hall–Kier alpha value is -3.29. The number of carbonyl (C=O) groups is 1. The highest BCUT2D eigenvalue weighted by molar-refractivity contribution is 5.95. The molecule has 1 aromatic heterocycles. The summed E-state index contributed by atoms with van der Waals surface area (Å²) in [7, 11) is 1.47. The van der Waals surface area contributed by atoms with Gasteiger partial charge in [-0.25, -0.2) is 0 Å². The van der Waals surface area contributed by atoms with Crippen molar-refractivity contribution in [1.29, 1.82) is 0 Å². The number of amides is 1. The number of halogens is 3. The van der Waals surface area contributed by atoms with Crippen molar-refractivity contribution in [2.45, 2.75) is 12.7 Å². The molecule has 1 amide bonds. The van der Waals surface area contributed by atoms with Gasteiger partial charge in [-0.15, -0.1) is 0 Å². The molecule has 0 unspecified atom stereocenters. The van der Waals surface area contributed by atoms with Gasteiger partial charge in [-0.3, -0.25) is 9.89 Å². The van der Waals surface area contributed by atoms with E-state index in [2.05, 4.69) is 15.5 Å². The van der Waals surface area contributed by atoms with E-state index in [1.165, 1.54) is 31.4 Å². The quantitative estimate of drug-likeness (QED) is 0.707. The average Bonchev–Trinajstić information content (AvgIpc) is 3.19. The Kier molecular flexibility index (Phi) is 5.16. The van der Waals surface area contributed by atoms with E-state index in [1.54, 1.807) is 24.5 Å². The predicted molar refractivity (Wildman–Crippen MR) is 93.2 cm³/mol. The second-order valence-electron chi connectivity index (χ2n) is 5.74. The first-order valence-electron chi connectivity index (χ1n) is 8.00. The normalized spacial score (nSPS) is 11.3. The van der Waals surface area contributed by atoms with Crippen LogP contribution in [-0.2, 0) is 12.7 Å². The molecule has 3 aromatic rings. The highest BCUT2D eigenvalue weighted by Gasteiger charge is 2.32. The molecule has 0 fully saturated rings. The fourth-order valence-electron chi connectivity index (χ4n) is 2.70. The smallest absolute Gasteiger partial charge is 0.416 e. The molecule has 2 N–H and O–H groups in total. The lowest BCUT2D eigenvalue weighted by Gasteiger charge is -2.14. The Morgan fingerprint density at radius 3 is 2.67 bits per heavy atom. The predicted octanol–water partition coefficient (Wildman–Crippen LogP) is 4.03. The van der Waals surface area contributed by atoms with Crippen LogP contribution in [0.3, 0.4) is 0 Å². The van der Waals surface area contributed by atoms with Crippen molar-refractivity contribution in [3.05, 3.63) is 71.5 Å². The first kappa shape index (κ1) is 18.5. The molecule has 0 bridgehead atoms. The van der Waals surface area contributed by atoms with Gasteiger partial charge in [0.2, 0.25) is 0 Å². The molecular formula is C19H16F3N3O2. The van der Waals surface area contributed by atoms with E-state index >= 15 is 0 Å². The molecule has 0 atom stereocenters. The summed E-state index contributed by atoms with van der Waals surface area (Å²) in [6.45, 7) is -0.236. The third-order valence-corrected chi connectivity index (χ3v) is 4.04. The lowest BCUT2D eigenvalue weighted by Crippen LogP contribution is -2.24. The first-order valence-corrected chi connectivity index (χ1v) is 8.00. The van der Waals surface area contributed by atoms with Gasteiger partial charge >= 0.3 is 6.18 Å². The van der Waals surface area contributed by atoms with E-state index in [-0.39, 0.29) is 17.7 Å². The molecule has 0 aliphatic heterocycles. The molecule has 0 saturated heterocycles. The Balaban J connectivity index is 1.78. The molecule has 3 rings (SSSR count). The Labute approximate surface area is 153 Å². The summed E-state index contributed by atoms with van der Waals surface area (Å²) >= 11 is 0. The molecule has 0 aliphatic carbocycles. The molecule has 0 aliphatic rings. The molecule has 5 nitrogen and oxygen atoms in total. The summed E-state index contributed by atoms with van der Waals surface area (Å²) < 4.78 is 44.4. The molecule has 140 valence electrons. The van der Waals surface area contributed by atoms with Gasteiger partial charge in [-0.1, -0.05) is 18.2 Å². The molecule has 0 spiro atoms. The zero-order chi connectivity index (χ0) is 19.4. The Morgan fingerprint density at radius 1 is 1.22 bits per heavy atom. The van der Waals surface area contributed by atoms with E-state index in [0.29, 0.717) is 5.75 Å². The minimum absolute atomic E-state index is 0.000308. The van der Waals surface area contributed by atoms with Crippen LogP contribution in [0, 0.1) is 0 Å². The summed E-state index contributed by atoms with van der Waals surface area (Å²) in [4.78, 5) is 12.4. The number of hydrogen-bond acceptors (Lipinski definition) is 3. The minimum Gasteiger partial charge on any atom is -0.496 e. The molecule has 2 aromatic carbocycles. The Morgan fingerprint density at radius 2 is 2.00 bits per heavy atom. The maximum Gasteiger partial charge on any atom is 0.416 e. The Bertz CT molecular complexity index is 938. The van der Waals surface area contributed by atoms with E-state index in [0.717, 1.165) is 17.2 Å². The van der Waals surface area contributed by atoms with Crippen LogP contribution in [-0.4, -0.2) is 23.2 Å². The van der Waals surface area contributed by atoms with Crippen molar-refractivity contribution in [3.8, 4) is 16.9 Å². The van der Waals surface area contributed by atoms with Crippen molar-refractivity contribution in [2.24, 2.45) is 0 Å². The maximum atomic E-state index is 13.0. The van der Waals surface area contributed by atoms with Gasteiger partial charge in [-0.05, 0) is 29.8 Å². The number of H-pyrrole nitrogens is 1. The lowest BCUT2D eigenvalue weighted by molar-refractivity contribution is -0.138. The number of carbonyl (C=O) groups excluding carboxylic acids is 1. The summed E-state index contributed by atoms with van der Waals surface area (Å²) in [5.41, 5.74) is 1.05. The number of rotatable bonds is 5. The van der Waals surface area contributed by atoms with Gasteiger partial charge in [0.1, 0.15) is 5.75 Å². The zero-order valence-corrected chi connectivity index (χ0v) is 14.3. The van der Waals surface area contributed by atoms with E-state index < -0.39 is 17.6 Å². The monoisotopic (exact) mass is 375 g/mol. The number of ether oxygens (including phenoxy) is 1. The van der Waals surface area contributed by atoms with Crippen molar-refractivity contribution in [2.75, 3.05) is 7.11 Å². The zero-order valence-electron chi connectivity index (χ0n) is 14.3. The molecule has 1 heterocycles. The van der Waals surface area contributed by atoms with Crippen LogP contribution < -0.4 is 10.1 Å². The van der Waals surface area contributed by atoms with Crippen LogP contribution in [0.25, 0.3) is 11.1 Å². The van der Waals surface area contributed by atoms with Crippen LogP contribution in [0.5, 0.6) is 5.75 Å². The van der Waals surface area contributed by atoms with Crippen LogP contribution >= 0.6 is 0 Å². The number of benzene rings is 2. The summed E-state index contributed by atoms with van der Waals surface area (Å²) in [5, 5.41) is 9.09. The molecule has 0 saturated carbocycles. The van der Waals surface area contributed by atoms with Crippen LogP contribution in [0.4, 0.5) is 13.2 Å². The molecular weight excluding hydrogens is 359 g/mol. The van der Waals surface area contributed by atoms with Crippen LogP contribution in [0.1, 0.15) is 21.5 Å². The fraction of sp³-hybridized carbons (Fsp3) is 0.158. The van der Waals surface area contributed by atoms with Gasteiger partial charge < -0.3 is 10.1 Å². The number of alkyl halides is 3. The van der Waals surface area contributed by atoms with Crippen molar-refractivity contribution in [1.82, 2.24) is 15.5 Å². The second-order valence-corrected chi connectivity index (χ2v) is 5.74. The number of methoxy groups -OCH3 is 1. The van der Waals surface area contributed by atoms with Gasteiger partial charge in [-0.2, -0.15) is 18.3 Å². The van der Waals surface area contributed by atoms with Gasteiger partial charge in [0.25, 0.3) is 5.91 Å². The molecule has 27 heavy (non-hydrogen) atoms. The second kappa shape index (κ2) is 7.53. The molecule has 8 heteroatoms. The van der Waals surface area contributed by atoms with E-state index in [1.807, 2.05) is 0 Å². The topological polar surface area (TPSA) is 67.0 Å². The summed E-state index contributed by atoms with van der Waals surface area (Å²) in [6.07, 6.45) is -1.17. The van der Waals surface area contributed by atoms with E-state index in [4.69, 9.17) is 4.74 Å². The number of nitrogens with one attached hydrogen (secondary N) is 2. The number of aromatic amines is 1. The highest BCUT2D eigenvalue weighted by Crippen LogP contribution is 2.32. The van der Waals surface area contributed by atoms with Crippen molar-refractivity contribution >= 4 is 5.91 Å². The lowest BCUT2D eigenvalue weighted by atomic mass is 10.0. The number of aromatic nitrogens is 2. The van der Waals surface area contributed by atoms with Crippen molar-refractivity contribution < 1.29 is 22.7 Å². The van der Waals surface area contributed by atoms with Crippen molar-refractivity contribution in [3.63, 3.8) is 0 Å². The van der Waals surface area contributed by atoms with Gasteiger partial charge in [0.05, 0.1) is 18.9 Å². The number of hydrogen-bond donors (Lipinski definition) is 2. The van der Waals surface area contributed by atoms with Gasteiger partial charge in [0, 0.05) is 29.4 Å². The fourth-order valence-corrected chi connectivity index (χ4v) is 2.70. The number of nitrogens with zero attached hydrogens (tertiary/aromatic N) is 1.